The summed E-state index contributed by atoms with van der Waals surface area (Å²) in [5.74, 6) is -0.0313. The highest BCUT2D eigenvalue weighted by Crippen LogP contribution is 2.18. The molecule has 6 nitrogen and oxygen atoms in total. The molecule has 0 spiro atoms. The van der Waals surface area contributed by atoms with E-state index in [0.29, 0.717) is 24.7 Å². The van der Waals surface area contributed by atoms with Gasteiger partial charge in [0.15, 0.2) is 0 Å². The number of nitrogens with zero attached hydrogens (tertiary/aromatic N) is 3. The SMILES string of the molecule is Cc1cc(C)nc(O[C@H]2CCN(C(=O)c3ccoc3)C2)n1. The second-order valence-corrected chi connectivity index (χ2v) is 5.23. The van der Waals surface area contributed by atoms with Crippen LogP contribution in [0.2, 0.25) is 0 Å². The van der Waals surface area contributed by atoms with Crippen LogP contribution in [-0.2, 0) is 0 Å². The van der Waals surface area contributed by atoms with Crippen molar-refractivity contribution < 1.29 is 13.9 Å². The summed E-state index contributed by atoms with van der Waals surface area (Å²) in [6, 6.07) is 3.95. The molecule has 0 radical (unpaired) electrons. The number of carbonyl (C=O) groups excluding carboxylic acids is 1. The van der Waals surface area contributed by atoms with Crippen LogP contribution < -0.4 is 4.74 Å². The Balaban J connectivity index is 1.63. The van der Waals surface area contributed by atoms with Gasteiger partial charge in [0.1, 0.15) is 12.4 Å². The summed E-state index contributed by atoms with van der Waals surface area (Å²) >= 11 is 0. The number of aryl methyl sites for hydroxylation is 2. The largest absolute Gasteiger partial charge is 0.472 e. The summed E-state index contributed by atoms with van der Waals surface area (Å²) < 4.78 is 10.7. The zero-order valence-electron chi connectivity index (χ0n) is 12.1. The van der Waals surface area contributed by atoms with E-state index in [9.17, 15) is 4.79 Å². The van der Waals surface area contributed by atoms with Crippen LogP contribution >= 0.6 is 0 Å². The molecule has 2 aromatic rings. The number of ether oxygens (including phenoxy) is 1. The minimum Gasteiger partial charge on any atom is -0.472 e. The van der Waals surface area contributed by atoms with Crippen molar-refractivity contribution in [1.82, 2.24) is 14.9 Å². The summed E-state index contributed by atoms with van der Waals surface area (Å²) in [4.78, 5) is 22.5. The molecule has 1 aliphatic heterocycles. The number of likely N-dealkylation sites (tertiary alicyclic amines) is 1. The molecule has 1 amide bonds. The zero-order valence-corrected chi connectivity index (χ0v) is 12.1. The molecule has 110 valence electrons. The third-order valence-corrected chi connectivity index (χ3v) is 3.43. The predicted molar refractivity (Wildman–Crippen MR) is 75.2 cm³/mol. The Morgan fingerprint density at radius 3 is 2.81 bits per heavy atom. The van der Waals surface area contributed by atoms with E-state index in [1.807, 2.05) is 19.9 Å². The van der Waals surface area contributed by atoms with Crippen molar-refractivity contribution in [2.45, 2.75) is 26.4 Å². The fraction of sp³-hybridized carbons (Fsp3) is 0.400. The van der Waals surface area contributed by atoms with Crippen molar-refractivity contribution in [2.24, 2.45) is 0 Å². The molecule has 1 aliphatic rings. The maximum absolute atomic E-state index is 12.2. The van der Waals surface area contributed by atoms with Crippen LogP contribution in [0.3, 0.4) is 0 Å². The number of carbonyl (C=O) groups is 1. The van der Waals surface area contributed by atoms with E-state index in [4.69, 9.17) is 9.15 Å². The summed E-state index contributed by atoms with van der Waals surface area (Å²) in [6.45, 7) is 5.02. The van der Waals surface area contributed by atoms with Crippen molar-refractivity contribution in [1.29, 1.82) is 0 Å². The highest BCUT2D eigenvalue weighted by molar-refractivity contribution is 5.94. The minimum absolute atomic E-state index is 0.0313. The molecule has 0 aromatic carbocycles. The summed E-state index contributed by atoms with van der Waals surface area (Å²) in [6.07, 6.45) is 3.67. The molecular weight excluding hydrogens is 270 g/mol. The van der Waals surface area contributed by atoms with Crippen LogP contribution in [0.15, 0.2) is 29.1 Å². The molecule has 3 heterocycles. The summed E-state index contributed by atoms with van der Waals surface area (Å²) in [5, 5.41) is 0. The number of hydrogen-bond donors (Lipinski definition) is 0. The number of aromatic nitrogens is 2. The van der Waals surface area contributed by atoms with Crippen LogP contribution in [0.4, 0.5) is 0 Å². The molecule has 6 heteroatoms. The topological polar surface area (TPSA) is 68.5 Å². The second kappa shape index (κ2) is 5.55. The van der Waals surface area contributed by atoms with Crippen molar-refractivity contribution in [3.63, 3.8) is 0 Å². The standard InChI is InChI=1S/C15H17N3O3/c1-10-7-11(2)17-15(16-10)21-13-3-5-18(8-13)14(19)12-4-6-20-9-12/h4,6-7,9,13H,3,5,8H2,1-2H3/t13-/m0/s1. The molecule has 1 saturated heterocycles. The zero-order chi connectivity index (χ0) is 14.8. The van der Waals surface area contributed by atoms with E-state index in [0.717, 1.165) is 17.8 Å². The number of furan rings is 1. The first-order valence-corrected chi connectivity index (χ1v) is 6.92. The molecule has 0 N–H and O–H groups in total. The minimum atomic E-state index is -0.0675. The van der Waals surface area contributed by atoms with Crippen molar-refractivity contribution in [3.8, 4) is 6.01 Å². The van der Waals surface area contributed by atoms with E-state index in [2.05, 4.69) is 9.97 Å². The third kappa shape index (κ3) is 3.04. The highest BCUT2D eigenvalue weighted by Gasteiger charge is 2.29. The van der Waals surface area contributed by atoms with Crippen LogP contribution in [0.5, 0.6) is 6.01 Å². The van der Waals surface area contributed by atoms with E-state index in [-0.39, 0.29) is 12.0 Å². The second-order valence-electron chi connectivity index (χ2n) is 5.23. The normalized spacial score (nSPS) is 18.0. The van der Waals surface area contributed by atoms with Gasteiger partial charge in [-0.1, -0.05) is 0 Å². The molecule has 1 atom stereocenters. The average molecular weight is 287 g/mol. The molecule has 0 unspecified atom stereocenters. The molecule has 2 aromatic heterocycles. The van der Waals surface area contributed by atoms with Gasteiger partial charge < -0.3 is 14.1 Å². The van der Waals surface area contributed by atoms with E-state index in [1.165, 1.54) is 12.5 Å². The van der Waals surface area contributed by atoms with Crippen LogP contribution in [-0.4, -0.2) is 40.0 Å². The fourth-order valence-corrected chi connectivity index (χ4v) is 2.47. The molecule has 3 rings (SSSR count). The quantitative estimate of drug-likeness (QED) is 0.863. The van der Waals surface area contributed by atoms with Crippen LogP contribution in [0.1, 0.15) is 28.2 Å². The van der Waals surface area contributed by atoms with Crippen molar-refractivity contribution in [3.05, 3.63) is 41.6 Å². The monoisotopic (exact) mass is 287 g/mol. The third-order valence-electron chi connectivity index (χ3n) is 3.43. The van der Waals surface area contributed by atoms with Gasteiger partial charge in [0.25, 0.3) is 5.91 Å². The lowest BCUT2D eigenvalue weighted by Crippen LogP contribution is -2.30. The van der Waals surface area contributed by atoms with Gasteiger partial charge in [-0.25, -0.2) is 9.97 Å². The van der Waals surface area contributed by atoms with Gasteiger partial charge in [0.05, 0.1) is 18.4 Å². The predicted octanol–water partition coefficient (Wildman–Crippen LogP) is 1.98. The van der Waals surface area contributed by atoms with E-state index >= 15 is 0 Å². The van der Waals surface area contributed by atoms with Gasteiger partial charge in [-0.2, -0.15) is 0 Å². The summed E-state index contributed by atoms with van der Waals surface area (Å²) in [5.41, 5.74) is 2.32. The molecule has 0 aliphatic carbocycles. The smallest absolute Gasteiger partial charge is 0.317 e. The van der Waals surface area contributed by atoms with Gasteiger partial charge in [0, 0.05) is 24.4 Å². The first kappa shape index (κ1) is 13.6. The Hall–Kier alpha value is -2.37. The lowest BCUT2D eigenvalue weighted by molar-refractivity contribution is 0.0769. The summed E-state index contributed by atoms with van der Waals surface area (Å²) in [7, 11) is 0. The maximum Gasteiger partial charge on any atom is 0.317 e. The molecular formula is C15H17N3O3. The van der Waals surface area contributed by atoms with Gasteiger partial charge in [-0.3, -0.25) is 4.79 Å². The van der Waals surface area contributed by atoms with Crippen molar-refractivity contribution >= 4 is 5.91 Å². The number of amides is 1. The van der Waals surface area contributed by atoms with Gasteiger partial charge in [-0.15, -0.1) is 0 Å². The van der Waals surface area contributed by atoms with Crippen molar-refractivity contribution in [2.75, 3.05) is 13.1 Å². The first-order valence-electron chi connectivity index (χ1n) is 6.92. The lowest BCUT2D eigenvalue weighted by Gasteiger charge is -2.16. The van der Waals surface area contributed by atoms with Gasteiger partial charge in [-0.05, 0) is 26.0 Å². The Bertz CT molecular complexity index is 619. The van der Waals surface area contributed by atoms with Crippen LogP contribution in [0.25, 0.3) is 0 Å². The number of hydrogen-bond acceptors (Lipinski definition) is 5. The van der Waals surface area contributed by atoms with Gasteiger partial charge >= 0.3 is 6.01 Å². The highest BCUT2D eigenvalue weighted by atomic mass is 16.5. The lowest BCUT2D eigenvalue weighted by atomic mass is 10.3. The Labute approximate surface area is 122 Å². The molecule has 0 bridgehead atoms. The Morgan fingerprint density at radius 2 is 2.14 bits per heavy atom. The van der Waals surface area contributed by atoms with E-state index in [1.54, 1.807) is 11.0 Å². The Kier molecular flexibility index (Phi) is 3.60. The number of rotatable bonds is 3. The molecule has 21 heavy (non-hydrogen) atoms. The first-order chi connectivity index (χ1) is 10.1. The average Bonchev–Trinajstić information content (AvgIpc) is 3.07. The Morgan fingerprint density at radius 1 is 1.38 bits per heavy atom. The van der Waals surface area contributed by atoms with E-state index < -0.39 is 0 Å². The van der Waals surface area contributed by atoms with Crippen LogP contribution in [0, 0.1) is 13.8 Å². The maximum atomic E-state index is 12.2. The molecule has 1 fully saturated rings. The van der Waals surface area contributed by atoms with Gasteiger partial charge in [0.2, 0.25) is 0 Å². The molecule has 0 saturated carbocycles. The fourth-order valence-electron chi connectivity index (χ4n) is 2.47.